The highest BCUT2D eigenvalue weighted by Gasteiger charge is 2.13. The zero-order valence-corrected chi connectivity index (χ0v) is 14.1. The van der Waals surface area contributed by atoms with Gasteiger partial charge >= 0.3 is 6.03 Å². The summed E-state index contributed by atoms with van der Waals surface area (Å²) in [5, 5.41) is 17.5. The van der Waals surface area contributed by atoms with Crippen molar-refractivity contribution in [3.63, 3.8) is 0 Å². The Morgan fingerprint density at radius 3 is 2.83 bits per heavy atom. The molecule has 0 saturated heterocycles. The second-order valence-electron chi connectivity index (χ2n) is 5.97. The molecule has 126 valence electrons. The third kappa shape index (κ3) is 4.45. The van der Waals surface area contributed by atoms with Gasteiger partial charge in [-0.25, -0.2) is 4.79 Å². The highest BCUT2D eigenvalue weighted by atomic mass is 16.3. The summed E-state index contributed by atoms with van der Waals surface area (Å²) in [6.45, 7) is 7.20. The minimum absolute atomic E-state index is 0.0304. The summed E-state index contributed by atoms with van der Waals surface area (Å²) in [4.78, 5) is 14.0. The molecule has 23 heavy (non-hydrogen) atoms. The van der Waals surface area contributed by atoms with Crippen LogP contribution in [0, 0.1) is 0 Å². The lowest BCUT2D eigenvalue weighted by atomic mass is 10.2. The predicted molar refractivity (Wildman–Crippen MR) is 92.7 cm³/mol. The summed E-state index contributed by atoms with van der Waals surface area (Å²) in [5.74, 6) is 0. The third-order valence-electron chi connectivity index (χ3n) is 3.74. The van der Waals surface area contributed by atoms with Crippen molar-refractivity contribution in [3.8, 4) is 0 Å². The lowest BCUT2D eigenvalue weighted by molar-refractivity contribution is 0.187. The van der Waals surface area contributed by atoms with Crippen molar-refractivity contribution in [2.45, 2.75) is 39.7 Å². The van der Waals surface area contributed by atoms with Gasteiger partial charge in [-0.15, -0.1) is 0 Å². The van der Waals surface area contributed by atoms with Gasteiger partial charge in [-0.05, 0) is 38.5 Å². The molecule has 0 spiro atoms. The summed E-state index contributed by atoms with van der Waals surface area (Å²) < 4.78 is 1.91. The lowest BCUT2D eigenvalue weighted by Crippen LogP contribution is -2.37. The molecule has 0 aliphatic heterocycles. The summed E-state index contributed by atoms with van der Waals surface area (Å²) in [5.41, 5.74) is 1.65. The van der Waals surface area contributed by atoms with E-state index in [9.17, 15) is 4.79 Å². The van der Waals surface area contributed by atoms with Crippen LogP contribution in [0.1, 0.15) is 39.7 Å². The minimum atomic E-state index is -0.178. The number of rotatable bonds is 7. The molecule has 1 heterocycles. The number of urea groups is 1. The maximum absolute atomic E-state index is 12.3. The van der Waals surface area contributed by atoms with Gasteiger partial charge in [0.1, 0.15) is 0 Å². The maximum atomic E-state index is 12.3. The molecule has 0 fully saturated rings. The summed E-state index contributed by atoms with van der Waals surface area (Å²) in [6, 6.07) is 5.81. The average molecular weight is 318 g/mol. The van der Waals surface area contributed by atoms with Gasteiger partial charge in [0, 0.05) is 36.4 Å². The first-order valence-electron chi connectivity index (χ1n) is 8.20. The Balaban J connectivity index is 2.11. The van der Waals surface area contributed by atoms with Crippen LogP contribution in [0.25, 0.3) is 10.9 Å². The van der Waals surface area contributed by atoms with Crippen LogP contribution in [-0.4, -0.2) is 45.5 Å². The van der Waals surface area contributed by atoms with Gasteiger partial charge in [0.05, 0.1) is 12.1 Å². The van der Waals surface area contributed by atoms with Gasteiger partial charge in [-0.2, -0.15) is 5.10 Å². The smallest absolute Gasteiger partial charge is 0.321 e. The van der Waals surface area contributed by atoms with Crippen LogP contribution in [0.5, 0.6) is 0 Å². The molecule has 6 heteroatoms. The van der Waals surface area contributed by atoms with E-state index >= 15 is 0 Å². The number of aromatic nitrogens is 2. The van der Waals surface area contributed by atoms with Crippen LogP contribution < -0.4 is 5.32 Å². The number of nitrogens with zero attached hydrogens (tertiary/aromatic N) is 3. The largest absolute Gasteiger partial charge is 0.395 e. The molecule has 0 atom stereocenters. The molecule has 0 unspecified atom stereocenters. The first-order valence-corrected chi connectivity index (χ1v) is 8.20. The fourth-order valence-electron chi connectivity index (χ4n) is 2.37. The Hall–Kier alpha value is -2.08. The first kappa shape index (κ1) is 17.3. The summed E-state index contributed by atoms with van der Waals surface area (Å²) in [7, 11) is 0. The van der Waals surface area contributed by atoms with Gasteiger partial charge in [-0.1, -0.05) is 13.3 Å². The number of carbonyl (C=O) groups is 1. The Morgan fingerprint density at radius 2 is 2.17 bits per heavy atom. The fourth-order valence-corrected chi connectivity index (χ4v) is 2.37. The Morgan fingerprint density at radius 1 is 1.39 bits per heavy atom. The molecule has 0 aliphatic carbocycles. The molecule has 0 radical (unpaired) electrons. The molecule has 0 bridgehead atoms. The molecule has 6 nitrogen and oxygen atoms in total. The zero-order chi connectivity index (χ0) is 16.8. The van der Waals surface area contributed by atoms with Crippen LogP contribution in [0.2, 0.25) is 0 Å². The number of fused-ring (bicyclic) bond motifs is 1. The number of benzene rings is 1. The van der Waals surface area contributed by atoms with Crippen molar-refractivity contribution in [1.82, 2.24) is 14.7 Å². The molecule has 2 aromatic rings. The zero-order valence-electron chi connectivity index (χ0n) is 14.1. The van der Waals surface area contributed by atoms with Crippen molar-refractivity contribution in [1.29, 1.82) is 0 Å². The molecular formula is C17H26N4O2. The quantitative estimate of drug-likeness (QED) is 0.823. The Labute approximate surface area is 137 Å². The van der Waals surface area contributed by atoms with Crippen molar-refractivity contribution in [2.75, 3.05) is 25.0 Å². The number of hydrogen-bond donors (Lipinski definition) is 2. The fraction of sp³-hybridized carbons (Fsp3) is 0.529. The molecule has 2 rings (SSSR count). The van der Waals surface area contributed by atoms with E-state index in [4.69, 9.17) is 5.11 Å². The number of amides is 2. The van der Waals surface area contributed by atoms with E-state index in [1.54, 1.807) is 4.90 Å². The topological polar surface area (TPSA) is 70.4 Å². The summed E-state index contributed by atoms with van der Waals surface area (Å²) in [6.07, 6.45) is 3.92. The molecule has 0 aliphatic rings. The molecule has 1 aromatic carbocycles. The van der Waals surface area contributed by atoms with Crippen molar-refractivity contribution in [3.05, 3.63) is 24.4 Å². The van der Waals surface area contributed by atoms with Crippen LogP contribution in [0.4, 0.5) is 10.5 Å². The van der Waals surface area contributed by atoms with Crippen LogP contribution >= 0.6 is 0 Å². The Kier molecular flexibility index (Phi) is 5.98. The van der Waals surface area contributed by atoms with Gasteiger partial charge in [0.15, 0.2) is 0 Å². The Bertz CT molecular complexity index is 651. The molecule has 0 saturated carbocycles. The number of hydrogen-bond acceptors (Lipinski definition) is 3. The number of anilines is 1. The maximum Gasteiger partial charge on any atom is 0.321 e. The van der Waals surface area contributed by atoms with E-state index in [-0.39, 0.29) is 12.6 Å². The van der Waals surface area contributed by atoms with Crippen molar-refractivity contribution in [2.24, 2.45) is 0 Å². The number of nitrogens with one attached hydrogen (secondary N) is 1. The predicted octanol–water partition coefficient (Wildman–Crippen LogP) is 3.24. The SMILES string of the molecule is CCCCN(CCO)C(=O)Nc1ccc2nn(C(C)C)cc2c1. The first-order chi connectivity index (χ1) is 11.0. The van der Waals surface area contributed by atoms with E-state index in [0.717, 1.165) is 29.4 Å². The molecule has 2 N–H and O–H groups in total. The van der Waals surface area contributed by atoms with E-state index in [1.165, 1.54) is 0 Å². The van der Waals surface area contributed by atoms with Gasteiger partial charge in [0.2, 0.25) is 0 Å². The van der Waals surface area contributed by atoms with Crippen LogP contribution in [0.3, 0.4) is 0 Å². The van der Waals surface area contributed by atoms with Crippen molar-refractivity contribution < 1.29 is 9.90 Å². The normalized spacial score (nSPS) is 11.2. The number of unbranched alkanes of at least 4 members (excludes halogenated alkanes) is 1. The van der Waals surface area contributed by atoms with E-state index in [1.807, 2.05) is 29.1 Å². The number of aliphatic hydroxyl groups excluding tert-OH is 1. The van der Waals surface area contributed by atoms with E-state index in [2.05, 4.69) is 31.2 Å². The number of carbonyl (C=O) groups excluding carboxylic acids is 1. The van der Waals surface area contributed by atoms with Crippen LogP contribution in [0.15, 0.2) is 24.4 Å². The van der Waals surface area contributed by atoms with E-state index < -0.39 is 0 Å². The van der Waals surface area contributed by atoms with Crippen LogP contribution in [-0.2, 0) is 0 Å². The lowest BCUT2D eigenvalue weighted by Gasteiger charge is -2.22. The number of aliphatic hydroxyl groups is 1. The second kappa shape index (κ2) is 7.97. The molecule has 2 amide bonds. The van der Waals surface area contributed by atoms with E-state index in [0.29, 0.717) is 19.1 Å². The average Bonchev–Trinajstić information content (AvgIpc) is 2.94. The third-order valence-corrected chi connectivity index (χ3v) is 3.74. The minimum Gasteiger partial charge on any atom is -0.395 e. The summed E-state index contributed by atoms with van der Waals surface area (Å²) >= 11 is 0. The molecule has 1 aromatic heterocycles. The van der Waals surface area contributed by atoms with Gasteiger partial charge < -0.3 is 15.3 Å². The van der Waals surface area contributed by atoms with Gasteiger partial charge in [-0.3, -0.25) is 4.68 Å². The van der Waals surface area contributed by atoms with Crippen molar-refractivity contribution >= 4 is 22.6 Å². The highest BCUT2D eigenvalue weighted by molar-refractivity contribution is 5.92. The monoisotopic (exact) mass is 318 g/mol. The molecular weight excluding hydrogens is 292 g/mol. The highest BCUT2D eigenvalue weighted by Crippen LogP contribution is 2.20. The second-order valence-corrected chi connectivity index (χ2v) is 5.97. The standard InChI is InChI=1S/C17H26N4O2/c1-4-5-8-20(9-10-22)17(23)18-15-6-7-16-14(11-15)12-21(19-16)13(2)3/h6-7,11-13,22H,4-5,8-10H2,1-3H3,(H,18,23). The van der Waals surface area contributed by atoms with Gasteiger partial charge in [0.25, 0.3) is 0 Å².